The third-order valence-electron chi connectivity index (χ3n) is 8.52. The molecule has 0 aliphatic rings. The zero-order valence-electron chi connectivity index (χ0n) is 29.9. The Labute approximate surface area is 294 Å². The van der Waals surface area contributed by atoms with Crippen LogP contribution in [0, 0.1) is 5.92 Å². The van der Waals surface area contributed by atoms with Crippen molar-refractivity contribution in [2.24, 2.45) is 5.92 Å². The maximum absolute atomic E-state index is 12.8. The topological polar surface area (TPSA) is 78.1 Å². The average molecular weight is 703 g/mol. The van der Waals surface area contributed by atoms with Gasteiger partial charge in [0.15, 0.2) is 12.7 Å². The Kier molecular flexibility index (Phi) is 19.5. The smallest absolute Gasteiger partial charge is 0.491 e. The lowest BCUT2D eigenvalue weighted by atomic mass is 10.0. The molecule has 48 heavy (non-hydrogen) atoms. The molecule has 0 aliphatic carbocycles. The molecule has 0 bridgehead atoms. The first-order chi connectivity index (χ1) is 23.3. The largest absolute Gasteiger partial charge is 0.527 e. The first-order valence-corrected chi connectivity index (χ1v) is 20.6. The van der Waals surface area contributed by atoms with Gasteiger partial charge in [0.25, 0.3) is 0 Å². The number of nitrogens with zero attached hydrogens (tertiary/aromatic N) is 1. The van der Waals surface area contributed by atoms with Gasteiger partial charge in [0.05, 0.1) is 12.0 Å². The zero-order chi connectivity index (χ0) is 34.5. The van der Waals surface area contributed by atoms with Crippen molar-refractivity contribution >= 4 is 19.2 Å². The number of benzene rings is 2. The van der Waals surface area contributed by atoms with Gasteiger partial charge in [0.1, 0.15) is 24.2 Å². The SMILES string of the molecule is CCCCCCCCCCCCCCCc1ccccc1OCC(COP(=O)(O)Oc1cccc(C[n+]2ccsc2CC(C)C)c1)OC. The van der Waals surface area contributed by atoms with Gasteiger partial charge in [0.2, 0.25) is 5.01 Å². The fourth-order valence-corrected chi connectivity index (χ4v) is 7.62. The average Bonchev–Trinajstić information content (AvgIpc) is 3.49. The van der Waals surface area contributed by atoms with E-state index in [4.69, 9.17) is 18.5 Å². The number of aromatic nitrogens is 1. The van der Waals surface area contributed by atoms with E-state index in [1.165, 1.54) is 87.6 Å². The highest BCUT2D eigenvalue weighted by atomic mass is 32.1. The Morgan fingerprint density at radius 3 is 2.19 bits per heavy atom. The maximum atomic E-state index is 12.8. The minimum Gasteiger partial charge on any atom is -0.491 e. The van der Waals surface area contributed by atoms with Crippen molar-refractivity contribution in [2.75, 3.05) is 20.3 Å². The minimum atomic E-state index is -4.38. The van der Waals surface area contributed by atoms with Crippen LogP contribution in [0.4, 0.5) is 0 Å². The molecule has 3 rings (SSSR count). The molecule has 1 heterocycles. The lowest BCUT2D eigenvalue weighted by molar-refractivity contribution is -0.690. The van der Waals surface area contributed by atoms with Gasteiger partial charge in [-0.15, -0.1) is 0 Å². The predicted molar refractivity (Wildman–Crippen MR) is 197 cm³/mol. The van der Waals surface area contributed by atoms with Crippen molar-refractivity contribution < 1.29 is 32.5 Å². The van der Waals surface area contributed by atoms with Crippen molar-refractivity contribution in [3.05, 3.63) is 76.2 Å². The van der Waals surface area contributed by atoms with Gasteiger partial charge in [-0.3, -0.25) is 9.42 Å². The van der Waals surface area contributed by atoms with Crippen LogP contribution in [0.15, 0.2) is 60.1 Å². The molecule has 2 unspecified atom stereocenters. The monoisotopic (exact) mass is 702 g/mol. The van der Waals surface area contributed by atoms with Crippen molar-refractivity contribution in [1.29, 1.82) is 0 Å². The number of phosphoric acid groups is 1. The van der Waals surface area contributed by atoms with Gasteiger partial charge in [0, 0.05) is 19.1 Å². The van der Waals surface area contributed by atoms with Crippen LogP contribution in [-0.2, 0) is 33.2 Å². The number of methoxy groups -OCH3 is 1. The van der Waals surface area contributed by atoms with Crippen LogP contribution in [0.1, 0.15) is 120 Å². The van der Waals surface area contributed by atoms with E-state index >= 15 is 0 Å². The summed E-state index contributed by atoms with van der Waals surface area (Å²) in [7, 11) is -2.84. The highest BCUT2D eigenvalue weighted by Crippen LogP contribution is 2.44. The standard InChI is InChI=1S/C39H60NO6PS/c1-5-6-7-8-9-10-11-12-13-14-15-16-17-22-35-23-18-19-25-38(35)44-31-37(43-4)32-45-47(41,42)46-36-24-20-21-34(29-36)30-40-26-27-48-39(40)28-33(2)3/h18-21,23-27,29,33,37H,5-17,22,28,30-32H2,1-4H3/p+1. The summed E-state index contributed by atoms with van der Waals surface area (Å²) in [5.74, 6) is 1.66. The summed E-state index contributed by atoms with van der Waals surface area (Å²) in [6.07, 6.45) is 20.9. The summed E-state index contributed by atoms with van der Waals surface area (Å²) in [5, 5.41) is 3.38. The number of para-hydroxylation sites is 1. The summed E-state index contributed by atoms with van der Waals surface area (Å²) >= 11 is 1.74. The van der Waals surface area contributed by atoms with E-state index in [-0.39, 0.29) is 19.0 Å². The second kappa shape index (κ2) is 23.2. The number of unbranched alkanes of at least 4 members (excludes halogenated alkanes) is 12. The van der Waals surface area contributed by atoms with Crippen molar-refractivity contribution in [3.63, 3.8) is 0 Å². The van der Waals surface area contributed by atoms with Gasteiger partial charge in [-0.05, 0) is 42.5 Å². The summed E-state index contributed by atoms with van der Waals surface area (Å²) in [5.41, 5.74) is 2.14. The summed E-state index contributed by atoms with van der Waals surface area (Å²) in [4.78, 5) is 10.5. The van der Waals surface area contributed by atoms with Crippen molar-refractivity contribution in [2.45, 2.75) is 130 Å². The first kappa shape index (κ1) is 40.2. The molecule has 2 aromatic carbocycles. The highest BCUT2D eigenvalue weighted by Gasteiger charge is 2.26. The van der Waals surface area contributed by atoms with Crippen LogP contribution in [0.3, 0.4) is 0 Å². The van der Waals surface area contributed by atoms with Gasteiger partial charge in [-0.25, -0.2) is 4.57 Å². The number of hydrogen-bond donors (Lipinski definition) is 1. The molecule has 0 fully saturated rings. The number of thiazole rings is 1. The molecule has 0 amide bonds. The normalized spacial score (nSPS) is 13.5. The molecular formula is C39H61NO6PS+. The van der Waals surface area contributed by atoms with E-state index in [0.717, 1.165) is 30.6 Å². The Hall–Kier alpha value is -2.22. The Morgan fingerprint density at radius 2 is 1.52 bits per heavy atom. The first-order valence-electron chi connectivity index (χ1n) is 18.2. The molecule has 268 valence electrons. The van der Waals surface area contributed by atoms with E-state index < -0.39 is 13.9 Å². The predicted octanol–water partition coefficient (Wildman–Crippen LogP) is 10.5. The molecule has 2 atom stereocenters. The Bertz CT molecular complexity index is 1330. The number of aryl methyl sites for hydroxylation is 1. The minimum absolute atomic E-state index is 0.145. The van der Waals surface area contributed by atoms with Crippen molar-refractivity contribution in [1.82, 2.24) is 0 Å². The number of phosphoric ester groups is 1. The van der Waals surface area contributed by atoms with Crippen LogP contribution in [0.5, 0.6) is 11.5 Å². The van der Waals surface area contributed by atoms with Crippen molar-refractivity contribution in [3.8, 4) is 11.5 Å². The molecule has 3 aromatic rings. The lowest BCUT2D eigenvalue weighted by Gasteiger charge is -2.20. The summed E-state index contributed by atoms with van der Waals surface area (Å²) < 4.78 is 37.5. The molecule has 0 radical (unpaired) electrons. The van der Waals surface area contributed by atoms with E-state index in [1.54, 1.807) is 30.6 Å². The third-order valence-corrected chi connectivity index (χ3v) is 10.4. The van der Waals surface area contributed by atoms with E-state index in [1.807, 2.05) is 30.3 Å². The lowest BCUT2D eigenvalue weighted by Crippen LogP contribution is -2.36. The molecule has 0 aliphatic heterocycles. The molecule has 1 N–H and O–H groups in total. The van der Waals surface area contributed by atoms with E-state index in [0.29, 0.717) is 12.5 Å². The summed E-state index contributed by atoms with van der Waals surface area (Å²) in [6, 6.07) is 15.3. The Morgan fingerprint density at radius 1 is 0.854 bits per heavy atom. The fraction of sp³-hybridized carbons (Fsp3) is 0.615. The molecule has 0 spiro atoms. The van der Waals surface area contributed by atoms with Crippen LogP contribution < -0.4 is 13.8 Å². The van der Waals surface area contributed by atoms with Gasteiger partial charge in [-0.2, -0.15) is 4.57 Å². The molecule has 0 saturated carbocycles. The summed E-state index contributed by atoms with van der Waals surface area (Å²) in [6.45, 7) is 7.39. The van der Waals surface area contributed by atoms with E-state index in [2.05, 4.69) is 43.0 Å². The number of ether oxygens (including phenoxy) is 2. The molecule has 7 nitrogen and oxygen atoms in total. The van der Waals surface area contributed by atoms with Crippen LogP contribution >= 0.6 is 19.2 Å². The van der Waals surface area contributed by atoms with Crippen LogP contribution in [-0.4, -0.2) is 31.3 Å². The molecule has 9 heteroatoms. The zero-order valence-corrected chi connectivity index (χ0v) is 31.7. The molecule has 0 saturated heterocycles. The second-order valence-electron chi connectivity index (χ2n) is 13.3. The highest BCUT2D eigenvalue weighted by molar-refractivity contribution is 7.47. The number of rotatable bonds is 27. The van der Waals surface area contributed by atoms with Gasteiger partial charge < -0.3 is 14.0 Å². The van der Waals surface area contributed by atoms with Crippen LogP contribution in [0.25, 0.3) is 0 Å². The van der Waals surface area contributed by atoms with Gasteiger partial charge in [-0.1, -0.05) is 139 Å². The third kappa shape index (κ3) is 16.5. The van der Waals surface area contributed by atoms with Gasteiger partial charge >= 0.3 is 7.82 Å². The quantitative estimate of drug-likeness (QED) is 0.0484. The second-order valence-corrected chi connectivity index (χ2v) is 15.7. The maximum Gasteiger partial charge on any atom is 0.527 e. The van der Waals surface area contributed by atoms with E-state index in [9.17, 15) is 9.46 Å². The fourth-order valence-electron chi connectivity index (χ4n) is 5.77. The molecular weight excluding hydrogens is 641 g/mol. The molecule has 1 aromatic heterocycles. The van der Waals surface area contributed by atoms with Crippen LogP contribution in [0.2, 0.25) is 0 Å². The Balaban J connectivity index is 1.36. The number of hydrogen-bond acceptors (Lipinski definition) is 6.